The summed E-state index contributed by atoms with van der Waals surface area (Å²) in [4.78, 5) is 0. The van der Waals surface area contributed by atoms with Crippen molar-refractivity contribution in [3.05, 3.63) is 54.0 Å². The molecule has 1 heterocycles. The zero-order valence-electron chi connectivity index (χ0n) is 8.89. The molecule has 0 radical (unpaired) electrons. The van der Waals surface area contributed by atoms with Crippen molar-refractivity contribution in [3.63, 3.8) is 0 Å². The van der Waals surface area contributed by atoms with E-state index in [-0.39, 0.29) is 11.9 Å². The van der Waals surface area contributed by atoms with E-state index >= 15 is 0 Å². The van der Waals surface area contributed by atoms with Gasteiger partial charge in [-0.25, -0.2) is 4.39 Å². The second-order valence-electron chi connectivity index (χ2n) is 3.53. The first-order chi connectivity index (χ1) is 7.75. The van der Waals surface area contributed by atoms with Gasteiger partial charge < -0.3 is 5.32 Å². The van der Waals surface area contributed by atoms with Gasteiger partial charge in [0.2, 0.25) is 0 Å². The fraction of sp³-hybridized carbons (Fsp3) is 0.167. The molecule has 0 spiro atoms. The van der Waals surface area contributed by atoms with Crippen LogP contribution in [0.3, 0.4) is 0 Å². The van der Waals surface area contributed by atoms with E-state index in [4.69, 9.17) is 0 Å². The monoisotopic (exact) mass is 217 g/mol. The summed E-state index contributed by atoms with van der Waals surface area (Å²) < 4.78 is 12.7. The van der Waals surface area contributed by atoms with E-state index in [9.17, 15) is 4.39 Å². The van der Waals surface area contributed by atoms with E-state index in [0.717, 1.165) is 5.56 Å². The zero-order valence-corrected chi connectivity index (χ0v) is 8.89. The zero-order chi connectivity index (χ0) is 11.4. The molecule has 0 amide bonds. The van der Waals surface area contributed by atoms with Gasteiger partial charge in [-0.15, -0.1) is 5.10 Å². The number of aromatic nitrogens is 2. The summed E-state index contributed by atoms with van der Waals surface area (Å²) in [5, 5.41) is 10.9. The molecule has 82 valence electrons. The fourth-order valence-corrected chi connectivity index (χ4v) is 1.44. The van der Waals surface area contributed by atoms with Gasteiger partial charge in [-0.1, -0.05) is 12.1 Å². The summed E-state index contributed by atoms with van der Waals surface area (Å²) in [5.41, 5.74) is 1.01. The molecule has 0 bridgehead atoms. The van der Waals surface area contributed by atoms with Crippen molar-refractivity contribution in [1.82, 2.24) is 10.2 Å². The Labute approximate surface area is 93.3 Å². The molecular weight excluding hydrogens is 205 g/mol. The van der Waals surface area contributed by atoms with Crippen LogP contribution in [-0.4, -0.2) is 10.2 Å². The Hall–Kier alpha value is -1.97. The average molecular weight is 217 g/mol. The molecule has 0 aliphatic carbocycles. The van der Waals surface area contributed by atoms with Gasteiger partial charge in [-0.05, 0) is 36.8 Å². The lowest BCUT2D eigenvalue weighted by molar-refractivity contribution is 0.626. The molecule has 1 unspecified atom stereocenters. The minimum Gasteiger partial charge on any atom is -0.362 e. The SMILES string of the molecule is CC(Nc1cccnn1)c1ccc(F)cc1. The molecule has 1 atom stereocenters. The van der Waals surface area contributed by atoms with Crippen molar-refractivity contribution in [3.8, 4) is 0 Å². The number of anilines is 1. The van der Waals surface area contributed by atoms with Crippen LogP contribution in [0.1, 0.15) is 18.5 Å². The number of nitrogens with zero attached hydrogens (tertiary/aromatic N) is 2. The topological polar surface area (TPSA) is 37.8 Å². The van der Waals surface area contributed by atoms with E-state index in [0.29, 0.717) is 5.82 Å². The first kappa shape index (κ1) is 10.5. The average Bonchev–Trinajstić information content (AvgIpc) is 2.31. The molecule has 4 heteroatoms. The van der Waals surface area contributed by atoms with Gasteiger partial charge in [0.05, 0.1) is 6.04 Å². The summed E-state index contributed by atoms with van der Waals surface area (Å²) in [6, 6.07) is 10.1. The highest BCUT2D eigenvalue weighted by Gasteiger charge is 2.05. The van der Waals surface area contributed by atoms with Crippen molar-refractivity contribution in [2.24, 2.45) is 0 Å². The van der Waals surface area contributed by atoms with Gasteiger partial charge in [-0.2, -0.15) is 5.10 Å². The number of benzene rings is 1. The van der Waals surface area contributed by atoms with Crippen LogP contribution >= 0.6 is 0 Å². The van der Waals surface area contributed by atoms with Gasteiger partial charge in [0.15, 0.2) is 0 Å². The van der Waals surface area contributed by atoms with Crippen LogP contribution < -0.4 is 5.32 Å². The number of hydrogen-bond donors (Lipinski definition) is 1. The van der Waals surface area contributed by atoms with E-state index < -0.39 is 0 Å². The Morgan fingerprint density at radius 3 is 2.56 bits per heavy atom. The van der Waals surface area contributed by atoms with Crippen LogP contribution in [0.4, 0.5) is 10.2 Å². The molecule has 1 aromatic heterocycles. The maximum Gasteiger partial charge on any atom is 0.149 e. The van der Waals surface area contributed by atoms with Crippen molar-refractivity contribution in [1.29, 1.82) is 0 Å². The Balaban J connectivity index is 2.09. The molecule has 3 nitrogen and oxygen atoms in total. The van der Waals surface area contributed by atoms with Crippen LogP contribution in [0.2, 0.25) is 0 Å². The van der Waals surface area contributed by atoms with Crippen molar-refractivity contribution < 1.29 is 4.39 Å². The van der Waals surface area contributed by atoms with Crippen LogP contribution in [0, 0.1) is 5.82 Å². The first-order valence-corrected chi connectivity index (χ1v) is 5.05. The summed E-state index contributed by atoms with van der Waals surface area (Å²) >= 11 is 0. The molecule has 2 aromatic rings. The lowest BCUT2D eigenvalue weighted by Crippen LogP contribution is -2.08. The summed E-state index contributed by atoms with van der Waals surface area (Å²) in [6.07, 6.45) is 1.62. The molecule has 1 aromatic carbocycles. The highest BCUT2D eigenvalue weighted by molar-refractivity contribution is 5.36. The third kappa shape index (κ3) is 2.53. The van der Waals surface area contributed by atoms with Crippen LogP contribution in [0.5, 0.6) is 0 Å². The molecule has 16 heavy (non-hydrogen) atoms. The third-order valence-corrected chi connectivity index (χ3v) is 2.31. The Morgan fingerprint density at radius 1 is 1.19 bits per heavy atom. The van der Waals surface area contributed by atoms with Gasteiger partial charge >= 0.3 is 0 Å². The normalized spacial score (nSPS) is 12.1. The van der Waals surface area contributed by atoms with Gasteiger partial charge in [0.1, 0.15) is 11.6 Å². The van der Waals surface area contributed by atoms with Crippen LogP contribution in [0.15, 0.2) is 42.6 Å². The predicted octanol–water partition coefficient (Wildman–Crippen LogP) is 2.79. The smallest absolute Gasteiger partial charge is 0.149 e. The van der Waals surface area contributed by atoms with Gasteiger partial charge in [-0.3, -0.25) is 0 Å². The van der Waals surface area contributed by atoms with Crippen molar-refractivity contribution >= 4 is 5.82 Å². The number of hydrogen-bond acceptors (Lipinski definition) is 3. The Morgan fingerprint density at radius 2 is 1.94 bits per heavy atom. The molecule has 0 saturated carbocycles. The molecule has 1 N–H and O–H groups in total. The largest absolute Gasteiger partial charge is 0.362 e. The number of halogens is 1. The van der Waals surface area contributed by atoms with Crippen molar-refractivity contribution in [2.75, 3.05) is 5.32 Å². The first-order valence-electron chi connectivity index (χ1n) is 5.05. The van der Waals surface area contributed by atoms with Gasteiger partial charge in [0, 0.05) is 6.20 Å². The molecule has 0 aliphatic heterocycles. The number of rotatable bonds is 3. The van der Waals surface area contributed by atoms with Crippen molar-refractivity contribution in [2.45, 2.75) is 13.0 Å². The highest BCUT2D eigenvalue weighted by atomic mass is 19.1. The maximum atomic E-state index is 12.7. The number of nitrogens with one attached hydrogen (secondary N) is 1. The summed E-state index contributed by atoms with van der Waals surface area (Å²) in [7, 11) is 0. The lowest BCUT2D eigenvalue weighted by atomic mass is 10.1. The lowest BCUT2D eigenvalue weighted by Gasteiger charge is -2.14. The van der Waals surface area contributed by atoms with Crippen LogP contribution in [-0.2, 0) is 0 Å². The molecule has 2 rings (SSSR count). The summed E-state index contributed by atoms with van der Waals surface area (Å²) in [5.74, 6) is 0.481. The van der Waals surface area contributed by atoms with E-state index in [1.54, 1.807) is 18.3 Å². The predicted molar refractivity (Wildman–Crippen MR) is 60.5 cm³/mol. The molecule has 0 aliphatic rings. The molecular formula is C12H12FN3. The van der Waals surface area contributed by atoms with Gasteiger partial charge in [0.25, 0.3) is 0 Å². The third-order valence-electron chi connectivity index (χ3n) is 2.31. The minimum atomic E-state index is -0.226. The molecule has 0 fully saturated rings. The molecule has 0 saturated heterocycles. The Bertz CT molecular complexity index is 442. The maximum absolute atomic E-state index is 12.7. The van der Waals surface area contributed by atoms with E-state index in [1.807, 2.05) is 19.1 Å². The quantitative estimate of drug-likeness (QED) is 0.859. The van der Waals surface area contributed by atoms with Crippen LogP contribution in [0.25, 0.3) is 0 Å². The fourth-order valence-electron chi connectivity index (χ4n) is 1.44. The minimum absolute atomic E-state index is 0.0669. The second-order valence-corrected chi connectivity index (χ2v) is 3.53. The second kappa shape index (κ2) is 4.70. The Kier molecular flexibility index (Phi) is 3.10. The van der Waals surface area contributed by atoms with E-state index in [1.165, 1.54) is 12.1 Å². The summed E-state index contributed by atoms with van der Waals surface area (Å²) in [6.45, 7) is 1.99. The highest BCUT2D eigenvalue weighted by Crippen LogP contribution is 2.17. The standard InChI is InChI=1S/C12H12FN3/c1-9(10-4-6-11(13)7-5-10)15-12-3-2-8-14-16-12/h2-9H,1H3,(H,15,16). The van der Waals surface area contributed by atoms with E-state index in [2.05, 4.69) is 15.5 Å².